The zero-order valence-electron chi connectivity index (χ0n) is 20.2. The van der Waals surface area contributed by atoms with Gasteiger partial charge in [-0.15, -0.1) is 0 Å². The Balaban J connectivity index is 1.32. The first-order valence-electron chi connectivity index (χ1n) is 12.5. The number of benzene rings is 2. The molecule has 2 N–H and O–H groups in total. The molecular weight excluding hydrogens is 472 g/mol. The topological polar surface area (TPSA) is 66.5 Å². The average Bonchev–Trinajstić information content (AvgIpc) is 2.93. The molecular formula is C29H31ClN4O2. The number of pyridine rings is 1. The van der Waals surface area contributed by atoms with Crippen LogP contribution >= 0.6 is 11.6 Å². The Morgan fingerprint density at radius 3 is 2.75 bits per heavy atom. The number of halogens is 1. The van der Waals surface area contributed by atoms with Gasteiger partial charge in [-0.25, -0.2) is 0 Å². The van der Waals surface area contributed by atoms with Gasteiger partial charge in [0, 0.05) is 35.1 Å². The van der Waals surface area contributed by atoms with E-state index in [0.717, 1.165) is 55.0 Å². The van der Waals surface area contributed by atoms with Gasteiger partial charge in [-0.05, 0) is 73.8 Å². The summed E-state index contributed by atoms with van der Waals surface area (Å²) in [7, 11) is 0. The quantitative estimate of drug-likeness (QED) is 0.429. The third kappa shape index (κ3) is 5.72. The van der Waals surface area contributed by atoms with Crippen LogP contribution in [0.25, 0.3) is 0 Å². The number of amides is 1. The van der Waals surface area contributed by atoms with Crippen molar-refractivity contribution in [2.45, 2.75) is 25.3 Å². The second-order valence-corrected chi connectivity index (χ2v) is 9.60. The molecule has 1 atom stereocenters. The summed E-state index contributed by atoms with van der Waals surface area (Å²) in [5, 5.41) is 7.03. The summed E-state index contributed by atoms with van der Waals surface area (Å²) >= 11 is 6.19. The molecule has 36 heavy (non-hydrogen) atoms. The van der Waals surface area contributed by atoms with Gasteiger partial charge in [-0.3, -0.25) is 9.78 Å². The lowest BCUT2D eigenvalue weighted by Gasteiger charge is -2.34. The summed E-state index contributed by atoms with van der Waals surface area (Å²) in [6.07, 6.45) is 8.76. The lowest BCUT2D eigenvalue weighted by Crippen LogP contribution is -2.39. The number of nitrogens with zero attached hydrogens (tertiary/aromatic N) is 2. The minimum absolute atomic E-state index is 0.103. The molecule has 2 aliphatic heterocycles. The largest absolute Gasteiger partial charge is 0.492 e. The second kappa shape index (κ2) is 11.6. The molecule has 0 saturated carbocycles. The van der Waals surface area contributed by atoms with Crippen LogP contribution in [-0.2, 0) is 11.2 Å². The highest BCUT2D eigenvalue weighted by atomic mass is 35.5. The van der Waals surface area contributed by atoms with E-state index in [4.69, 9.17) is 16.3 Å². The lowest BCUT2D eigenvalue weighted by atomic mass is 9.97. The number of rotatable bonds is 8. The fourth-order valence-electron chi connectivity index (χ4n) is 4.87. The summed E-state index contributed by atoms with van der Waals surface area (Å²) < 4.78 is 6.05. The first-order valence-corrected chi connectivity index (χ1v) is 12.9. The van der Waals surface area contributed by atoms with Crippen LogP contribution in [0, 0.1) is 5.92 Å². The molecule has 5 rings (SSSR count). The SMILES string of the molecule is O=C(NCCOc1ccc2c(c1)N([C@H](c1ccc(Cl)cc1)c1ccccn1)C=CC2)C1CCNCC1. The monoisotopic (exact) mass is 502 g/mol. The van der Waals surface area contributed by atoms with E-state index in [1.54, 1.807) is 0 Å². The van der Waals surface area contributed by atoms with Crippen molar-refractivity contribution in [1.82, 2.24) is 15.6 Å². The molecule has 1 amide bonds. The van der Waals surface area contributed by atoms with Crippen LogP contribution in [0.4, 0.5) is 5.69 Å². The van der Waals surface area contributed by atoms with Gasteiger partial charge in [-0.2, -0.15) is 0 Å². The van der Waals surface area contributed by atoms with Crippen molar-refractivity contribution in [3.05, 3.63) is 101 Å². The van der Waals surface area contributed by atoms with Crippen molar-refractivity contribution in [2.24, 2.45) is 5.92 Å². The number of carbonyl (C=O) groups is 1. The number of fused-ring (bicyclic) bond motifs is 1. The van der Waals surface area contributed by atoms with Gasteiger partial charge in [0.15, 0.2) is 0 Å². The fourth-order valence-corrected chi connectivity index (χ4v) is 5.00. The van der Waals surface area contributed by atoms with Gasteiger partial charge in [0.2, 0.25) is 5.91 Å². The number of piperidine rings is 1. The number of aromatic nitrogens is 1. The number of anilines is 1. The highest BCUT2D eigenvalue weighted by Gasteiger charge is 2.26. The number of allylic oxidation sites excluding steroid dienone is 1. The number of hydrogen-bond donors (Lipinski definition) is 2. The van der Waals surface area contributed by atoms with Gasteiger partial charge in [0.25, 0.3) is 0 Å². The number of hydrogen-bond acceptors (Lipinski definition) is 5. The second-order valence-electron chi connectivity index (χ2n) is 9.16. The van der Waals surface area contributed by atoms with Gasteiger partial charge in [0.1, 0.15) is 18.4 Å². The third-order valence-corrected chi connectivity index (χ3v) is 7.00. The molecule has 1 fully saturated rings. The Morgan fingerprint density at radius 1 is 1.14 bits per heavy atom. The fraction of sp³-hybridized carbons (Fsp3) is 0.310. The summed E-state index contributed by atoms with van der Waals surface area (Å²) in [6, 6.07) is 20.0. The molecule has 186 valence electrons. The van der Waals surface area contributed by atoms with Crippen molar-refractivity contribution in [1.29, 1.82) is 0 Å². The Morgan fingerprint density at radius 2 is 1.97 bits per heavy atom. The van der Waals surface area contributed by atoms with Crippen molar-refractivity contribution in [3.63, 3.8) is 0 Å². The molecule has 6 nitrogen and oxygen atoms in total. The van der Waals surface area contributed by atoms with Crippen LogP contribution in [0.1, 0.15) is 35.7 Å². The minimum Gasteiger partial charge on any atom is -0.492 e. The molecule has 3 aromatic rings. The minimum atomic E-state index is -0.113. The first-order chi connectivity index (χ1) is 17.7. The normalized spacial score (nSPS) is 16.3. The Bertz CT molecular complexity index is 1190. The molecule has 0 aliphatic carbocycles. The molecule has 1 aromatic heterocycles. The van der Waals surface area contributed by atoms with E-state index in [1.807, 2.05) is 42.6 Å². The van der Waals surface area contributed by atoms with Crippen LogP contribution in [0.5, 0.6) is 5.75 Å². The smallest absolute Gasteiger partial charge is 0.223 e. The third-order valence-electron chi connectivity index (χ3n) is 6.75. The van der Waals surface area contributed by atoms with E-state index in [-0.39, 0.29) is 17.9 Å². The van der Waals surface area contributed by atoms with E-state index in [0.29, 0.717) is 18.2 Å². The zero-order valence-corrected chi connectivity index (χ0v) is 21.0. The van der Waals surface area contributed by atoms with E-state index in [9.17, 15) is 4.79 Å². The highest BCUT2D eigenvalue weighted by Crippen LogP contribution is 2.38. The van der Waals surface area contributed by atoms with Crippen LogP contribution < -0.4 is 20.3 Å². The molecule has 0 unspecified atom stereocenters. The molecule has 0 radical (unpaired) electrons. The van der Waals surface area contributed by atoms with Gasteiger partial charge in [0.05, 0.1) is 12.2 Å². The summed E-state index contributed by atoms with van der Waals surface area (Å²) in [5.41, 5.74) is 4.35. The van der Waals surface area contributed by atoms with Crippen molar-refractivity contribution < 1.29 is 9.53 Å². The first kappa shape index (κ1) is 24.3. The molecule has 2 aliphatic rings. The summed E-state index contributed by atoms with van der Waals surface area (Å²) in [6.45, 7) is 2.73. The maximum Gasteiger partial charge on any atom is 0.223 e. The molecule has 0 spiro atoms. The van der Waals surface area contributed by atoms with Crippen molar-refractivity contribution >= 4 is 23.2 Å². The van der Waals surface area contributed by atoms with E-state index in [2.05, 4.69) is 57.1 Å². The van der Waals surface area contributed by atoms with Crippen molar-refractivity contribution in [2.75, 3.05) is 31.1 Å². The Labute approximate surface area is 217 Å². The lowest BCUT2D eigenvalue weighted by molar-refractivity contribution is -0.125. The molecule has 3 heterocycles. The molecule has 2 aromatic carbocycles. The number of nitrogens with one attached hydrogen (secondary N) is 2. The van der Waals surface area contributed by atoms with Gasteiger partial charge in [-0.1, -0.05) is 41.9 Å². The Hall–Kier alpha value is -3.35. The number of ether oxygens (including phenoxy) is 1. The average molecular weight is 503 g/mol. The maximum absolute atomic E-state index is 12.4. The Kier molecular flexibility index (Phi) is 7.84. The highest BCUT2D eigenvalue weighted by molar-refractivity contribution is 6.30. The molecule has 7 heteroatoms. The van der Waals surface area contributed by atoms with Gasteiger partial charge < -0.3 is 20.3 Å². The molecule has 0 bridgehead atoms. The van der Waals surface area contributed by atoms with Gasteiger partial charge >= 0.3 is 0 Å². The van der Waals surface area contributed by atoms with Crippen LogP contribution in [0.2, 0.25) is 5.02 Å². The summed E-state index contributed by atoms with van der Waals surface area (Å²) in [5.74, 6) is 1.01. The predicted molar refractivity (Wildman–Crippen MR) is 143 cm³/mol. The van der Waals surface area contributed by atoms with Crippen molar-refractivity contribution in [3.8, 4) is 5.75 Å². The zero-order chi connectivity index (χ0) is 24.7. The summed E-state index contributed by atoms with van der Waals surface area (Å²) in [4.78, 5) is 19.3. The molecule has 1 saturated heterocycles. The standard InChI is InChI=1S/C29H31ClN4O2/c30-24-9-6-22(7-10-24)28(26-5-1-2-14-32-26)34-18-3-4-21-8-11-25(20-27(21)34)36-19-17-33-29(35)23-12-15-31-16-13-23/h1-3,5-11,14,18,20,23,28,31H,4,12-13,15-17,19H2,(H,33,35)/t28-/m1/s1. The predicted octanol–water partition coefficient (Wildman–Crippen LogP) is 4.90. The van der Waals surface area contributed by atoms with E-state index < -0.39 is 0 Å². The van der Waals surface area contributed by atoms with Crippen LogP contribution in [-0.4, -0.2) is 37.1 Å². The van der Waals surface area contributed by atoms with Crippen LogP contribution in [0.15, 0.2) is 79.1 Å². The van der Waals surface area contributed by atoms with Crippen LogP contribution in [0.3, 0.4) is 0 Å². The maximum atomic E-state index is 12.4. The van der Waals surface area contributed by atoms with E-state index >= 15 is 0 Å². The van der Waals surface area contributed by atoms with E-state index in [1.165, 1.54) is 5.56 Å². The number of carbonyl (C=O) groups excluding carboxylic acids is 1.